The normalized spacial score (nSPS) is 14.8. The summed E-state index contributed by atoms with van der Waals surface area (Å²) in [6.07, 6.45) is 3.50. The monoisotopic (exact) mass is 534 g/mol. The Morgan fingerprint density at radius 3 is 2.64 bits per heavy atom. The highest BCUT2D eigenvalue weighted by Crippen LogP contribution is 2.33. The first-order valence-corrected chi connectivity index (χ1v) is 13.7. The Bertz CT molecular complexity index is 1640. The number of pyridine rings is 1. The predicted octanol–water partition coefficient (Wildman–Crippen LogP) is 5.91. The van der Waals surface area contributed by atoms with Crippen molar-refractivity contribution < 1.29 is 13.2 Å². The Morgan fingerprint density at radius 1 is 0.972 bits per heavy atom. The van der Waals surface area contributed by atoms with Gasteiger partial charge in [0, 0.05) is 11.6 Å². The van der Waals surface area contributed by atoms with E-state index < -0.39 is 10.0 Å². The molecule has 0 atom stereocenters. The Kier molecular flexibility index (Phi) is 6.77. The van der Waals surface area contributed by atoms with Crippen LogP contribution < -0.4 is 10.0 Å². The summed E-state index contributed by atoms with van der Waals surface area (Å²) in [6.45, 7) is 0. The largest absolute Gasteiger partial charge is 0.333 e. The maximum Gasteiger partial charge on any atom is 0.286 e. The molecule has 0 fully saturated rings. The van der Waals surface area contributed by atoms with Crippen LogP contribution >= 0.6 is 23.4 Å². The molecule has 7 nitrogen and oxygen atoms in total. The van der Waals surface area contributed by atoms with Crippen molar-refractivity contribution in [3.8, 4) is 0 Å². The number of amides is 1. The number of hydrogen-bond donors (Lipinski definition) is 2. The van der Waals surface area contributed by atoms with Crippen molar-refractivity contribution in [1.82, 2.24) is 4.98 Å². The minimum absolute atomic E-state index is 0.157. The molecule has 0 saturated heterocycles. The van der Waals surface area contributed by atoms with Crippen LogP contribution in [-0.4, -0.2) is 24.5 Å². The zero-order valence-electron chi connectivity index (χ0n) is 18.7. The lowest BCUT2D eigenvalue weighted by Gasteiger charge is -2.12. The number of fused-ring (bicyclic) bond motifs is 1. The minimum atomic E-state index is -3.64. The Hall–Kier alpha value is -3.66. The molecule has 4 aromatic rings. The zero-order chi connectivity index (χ0) is 25.1. The molecule has 2 heterocycles. The summed E-state index contributed by atoms with van der Waals surface area (Å²) in [5, 5.41) is 4.71. The van der Waals surface area contributed by atoms with E-state index in [1.54, 1.807) is 54.7 Å². The number of aromatic nitrogens is 1. The Morgan fingerprint density at radius 2 is 1.81 bits per heavy atom. The quantitative estimate of drug-likeness (QED) is 0.298. The van der Waals surface area contributed by atoms with Crippen LogP contribution in [0.3, 0.4) is 0 Å². The van der Waals surface area contributed by atoms with Crippen LogP contribution in [-0.2, 0) is 20.6 Å². The number of amidine groups is 1. The topological polar surface area (TPSA) is 101 Å². The number of nitrogens with zero attached hydrogens (tertiary/aromatic N) is 2. The fraction of sp³-hybridized carbons (Fsp3) is 0.0385. The summed E-state index contributed by atoms with van der Waals surface area (Å²) >= 11 is 7.51. The first kappa shape index (κ1) is 24.1. The third kappa shape index (κ3) is 5.76. The fourth-order valence-electron chi connectivity index (χ4n) is 3.61. The van der Waals surface area contributed by atoms with E-state index in [9.17, 15) is 13.2 Å². The summed E-state index contributed by atoms with van der Waals surface area (Å²) in [4.78, 5) is 21.3. The fourth-order valence-corrected chi connectivity index (χ4v) is 5.79. The Balaban J connectivity index is 1.30. The second-order valence-electron chi connectivity index (χ2n) is 7.95. The average molecular weight is 535 g/mol. The number of hydrogen-bond acceptors (Lipinski definition) is 6. The molecule has 3 aromatic carbocycles. The molecule has 1 amide bonds. The van der Waals surface area contributed by atoms with Crippen LogP contribution in [0.5, 0.6) is 0 Å². The predicted molar refractivity (Wildman–Crippen MR) is 148 cm³/mol. The molecule has 1 aliphatic rings. The molecule has 1 aromatic heterocycles. The molecule has 0 radical (unpaired) electrons. The summed E-state index contributed by atoms with van der Waals surface area (Å²) < 4.78 is 27.8. The van der Waals surface area contributed by atoms with Gasteiger partial charge in [-0.2, -0.15) is 4.99 Å². The maximum atomic E-state index is 12.6. The number of sulfonamides is 1. The van der Waals surface area contributed by atoms with E-state index in [1.165, 1.54) is 11.8 Å². The van der Waals surface area contributed by atoms with E-state index in [1.807, 2.05) is 36.4 Å². The van der Waals surface area contributed by atoms with E-state index in [-0.39, 0.29) is 11.7 Å². The van der Waals surface area contributed by atoms with Crippen LogP contribution in [0.2, 0.25) is 5.02 Å². The van der Waals surface area contributed by atoms with Gasteiger partial charge in [0.15, 0.2) is 5.17 Å². The molecule has 0 saturated carbocycles. The Labute approximate surface area is 217 Å². The molecule has 0 aliphatic carbocycles. The highest BCUT2D eigenvalue weighted by atomic mass is 35.5. The summed E-state index contributed by atoms with van der Waals surface area (Å²) in [5.74, 6) is -0.528. The maximum absolute atomic E-state index is 12.6. The molecular formula is C26H19ClN4O3S2. The second kappa shape index (κ2) is 10.1. The standard InChI is InChI=1S/C26H19ClN4O3S2/c27-21-10-9-20(31-36(33,34)16-17-5-2-1-3-6-17)15-23(21)29-26-30-25(32)24(35-26)14-18-8-11-22-19(13-18)7-4-12-28-22/h1-15,31H,16H2,(H,29,30,32)/b24-14-. The number of nitrogens with one attached hydrogen (secondary N) is 2. The van der Waals surface area contributed by atoms with Gasteiger partial charge in [0.1, 0.15) is 0 Å². The molecule has 10 heteroatoms. The SMILES string of the molecule is O=C1N=C(Nc2cc(NS(=O)(=O)Cc3ccccc3)ccc2Cl)S/C1=C\c1ccc2ncccc2c1. The number of anilines is 2. The first-order valence-electron chi connectivity index (χ1n) is 10.8. The van der Waals surface area contributed by atoms with Crippen molar-refractivity contribution in [1.29, 1.82) is 0 Å². The first-order chi connectivity index (χ1) is 17.3. The molecule has 0 bridgehead atoms. The number of thioether (sulfide) groups is 1. The third-order valence-electron chi connectivity index (χ3n) is 5.23. The van der Waals surface area contributed by atoms with E-state index in [2.05, 4.69) is 20.0 Å². The van der Waals surface area contributed by atoms with Gasteiger partial charge in [-0.1, -0.05) is 54.1 Å². The smallest absolute Gasteiger partial charge is 0.286 e. The van der Waals surface area contributed by atoms with Crippen molar-refractivity contribution in [3.63, 3.8) is 0 Å². The van der Waals surface area contributed by atoms with Gasteiger partial charge in [-0.3, -0.25) is 14.5 Å². The zero-order valence-corrected chi connectivity index (χ0v) is 21.1. The van der Waals surface area contributed by atoms with E-state index in [4.69, 9.17) is 11.6 Å². The van der Waals surface area contributed by atoms with E-state index in [0.717, 1.165) is 16.5 Å². The average Bonchev–Trinajstić information content (AvgIpc) is 3.19. The van der Waals surface area contributed by atoms with E-state index in [0.29, 0.717) is 32.0 Å². The molecule has 1 aliphatic heterocycles. The van der Waals surface area contributed by atoms with Crippen LogP contribution in [0.25, 0.3) is 17.0 Å². The molecule has 0 spiro atoms. The number of benzene rings is 3. The van der Waals surface area contributed by atoms with Gasteiger partial charge >= 0.3 is 0 Å². The number of aliphatic imine (C=N–C) groups is 1. The minimum Gasteiger partial charge on any atom is -0.333 e. The number of carbonyl (C=O) groups excluding carboxylic acids is 1. The lowest BCUT2D eigenvalue weighted by molar-refractivity contribution is -0.113. The molecular weight excluding hydrogens is 516 g/mol. The molecule has 5 rings (SSSR count). The van der Waals surface area contributed by atoms with Crippen molar-refractivity contribution >= 4 is 72.8 Å². The number of carbonyl (C=O) groups is 1. The van der Waals surface area contributed by atoms with Crippen LogP contribution in [0.4, 0.5) is 11.4 Å². The number of rotatable bonds is 6. The lowest BCUT2D eigenvalue weighted by Crippen LogP contribution is -2.15. The summed E-state index contributed by atoms with van der Waals surface area (Å²) in [6, 6.07) is 23.2. The van der Waals surface area contributed by atoms with Gasteiger partial charge in [0.05, 0.1) is 32.6 Å². The number of halogens is 1. The molecule has 36 heavy (non-hydrogen) atoms. The van der Waals surface area contributed by atoms with Crippen molar-refractivity contribution in [2.45, 2.75) is 5.75 Å². The van der Waals surface area contributed by atoms with Gasteiger partial charge in [-0.05, 0) is 65.4 Å². The van der Waals surface area contributed by atoms with Crippen molar-refractivity contribution in [2.75, 3.05) is 10.0 Å². The summed E-state index contributed by atoms with van der Waals surface area (Å²) in [5.41, 5.74) is 3.17. The van der Waals surface area contributed by atoms with Crippen LogP contribution in [0.1, 0.15) is 11.1 Å². The second-order valence-corrected chi connectivity index (χ2v) is 11.1. The van der Waals surface area contributed by atoms with Gasteiger partial charge in [-0.25, -0.2) is 8.42 Å². The van der Waals surface area contributed by atoms with Gasteiger partial charge in [0.2, 0.25) is 10.0 Å². The highest BCUT2D eigenvalue weighted by Gasteiger charge is 2.23. The molecule has 180 valence electrons. The van der Waals surface area contributed by atoms with Crippen molar-refractivity contribution in [2.24, 2.45) is 4.99 Å². The molecule has 0 unspecified atom stereocenters. The van der Waals surface area contributed by atoms with Crippen molar-refractivity contribution in [3.05, 3.63) is 106 Å². The van der Waals surface area contributed by atoms with Crippen LogP contribution in [0, 0.1) is 0 Å². The molecule has 2 N–H and O–H groups in total. The van der Waals surface area contributed by atoms with Gasteiger partial charge in [0.25, 0.3) is 5.91 Å². The highest BCUT2D eigenvalue weighted by molar-refractivity contribution is 8.18. The lowest BCUT2D eigenvalue weighted by atomic mass is 10.1. The summed E-state index contributed by atoms with van der Waals surface area (Å²) in [7, 11) is -3.64. The van der Waals surface area contributed by atoms with Gasteiger partial charge < -0.3 is 5.32 Å². The van der Waals surface area contributed by atoms with Gasteiger partial charge in [-0.15, -0.1) is 0 Å². The van der Waals surface area contributed by atoms with E-state index >= 15 is 0 Å². The third-order valence-corrected chi connectivity index (χ3v) is 7.71. The van der Waals surface area contributed by atoms with Crippen LogP contribution in [0.15, 0.2) is 95.0 Å².